The zero-order chi connectivity index (χ0) is 24.9. The summed E-state index contributed by atoms with van der Waals surface area (Å²) in [5.74, 6) is -0.381. The van der Waals surface area contributed by atoms with E-state index in [4.69, 9.17) is 0 Å². The molecule has 0 saturated carbocycles. The zero-order valence-electron chi connectivity index (χ0n) is 19.7. The molecule has 4 rings (SSSR count). The average molecular weight is 479 g/mol. The Morgan fingerprint density at radius 1 is 1.00 bits per heavy atom. The summed E-state index contributed by atoms with van der Waals surface area (Å²) in [6, 6.07) is 9.17. The molecular weight excluding hydrogens is 451 g/mol. The third-order valence-electron chi connectivity index (χ3n) is 6.06. The summed E-state index contributed by atoms with van der Waals surface area (Å²) in [7, 11) is 0. The van der Waals surface area contributed by atoms with Crippen molar-refractivity contribution in [1.29, 1.82) is 0 Å². The largest absolute Gasteiger partial charge is 0.506 e. The van der Waals surface area contributed by atoms with Gasteiger partial charge in [0.15, 0.2) is 11.5 Å². The third-order valence-corrected chi connectivity index (χ3v) is 6.06. The van der Waals surface area contributed by atoms with Gasteiger partial charge in [-0.05, 0) is 44.2 Å². The summed E-state index contributed by atoms with van der Waals surface area (Å²) in [5.41, 5.74) is 1.25. The highest BCUT2D eigenvalue weighted by Gasteiger charge is 2.24. The summed E-state index contributed by atoms with van der Waals surface area (Å²) in [4.78, 5) is 34.6. The average Bonchev–Trinajstić information content (AvgIpc) is 2.89. The highest BCUT2D eigenvalue weighted by atomic mass is 19.1. The number of anilines is 1. The van der Waals surface area contributed by atoms with E-state index in [0.29, 0.717) is 56.3 Å². The molecule has 182 valence electrons. The monoisotopic (exact) mass is 478 g/mol. The fourth-order valence-corrected chi connectivity index (χ4v) is 4.06. The van der Waals surface area contributed by atoms with Crippen LogP contribution >= 0.6 is 0 Å². The second-order valence-corrected chi connectivity index (χ2v) is 8.16. The molecule has 0 atom stereocenters. The van der Waals surface area contributed by atoms with Crippen LogP contribution in [-0.2, 0) is 0 Å². The van der Waals surface area contributed by atoms with E-state index in [0.717, 1.165) is 0 Å². The third kappa shape index (κ3) is 5.21. The van der Waals surface area contributed by atoms with Gasteiger partial charge >= 0.3 is 0 Å². The van der Waals surface area contributed by atoms with Crippen molar-refractivity contribution in [2.24, 2.45) is 0 Å². The number of aromatic hydroxyl groups is 1. The topological polar surface area (TPSA) is 103 Å². The minimum atomic E-state index is -0.559. The molecule has 10 heteroatoms. The Kier molecular flexibility index (Phi) is 7.19. The Morgan fingerprint density at radius 3 is 2.34 bits per heavy atom. The van der Waals surface area contributed by atoms with Crippen LogP contribution in [0.1, 0.15) is 34.7 Å². The number of nitrogens with zero attached hydrogens (tertiary/aromatic N) is 6. The lowest BCUT2D eigenvalue weighted by atomic mass is 10.0. The molecule has 1 aliphatic rings. The molecule has 0 aliphatic carbocycles. The van der Waals surface area contributed by atoms with Gasteiger partial charge in [0.25, 0.3) is 11.8 Å². The molecule has 0 radical (unpaired) electrons. The van der Waals surface area contributed by atoms with Gasteiger partial charge in [-0.25, -0.2) is 4.39 Å². The van der Waals surface area contributed by atoms with E-state index in [9.17, 15) is 19.1 Å². The fourth-order valence-electron chi connectivity index (χ4n) is 4.06. The molecule has 1 fully saturated rings. The molecule has 1 N–H and O–H groups in total. The maximum Gasteiger partial charge on any atom is 0.274 e. The van der Waals surface area contributed by atoms with Gasteiger partial charge in [0.2, 0.25) is 0 Å². The minimum absolute atomic E-state index is 0.0604. The number of pyridine rings is 1. The first-order valence-electron chi connectivity index (χ1n) is 11.5. The van der Waals surface area contributed by atoms with Crippen LogP contribution in [0.15, 0.2) is 48.8 Å². The summed E-state index contributed by atoms with van der Waals surface area (Å²) < 4.78 is 14.7. The quantitative estimate of drug-likeness (QED) is 0.581. The molecule has 3 heterocycles. The summed E-state index contributed by atoms with van der Waals surface area (Å²) >= 11 is 0. The lowest BCUT2D eigenvalue weighted by Gasteiger charge is -2.35. The minimum Gasteiger partial charge on any atom is -0.506 e. The molecule has 1 aliphatic heterocycles. The van der Waals surface area contributed by atoms with Crippen molar-refractivity contribution in [3.8, 4) is 16.9 Å². The second kappa shape index (κ2) is 10.5. The van der Waals surface area contributed by atoms with Crippen molar-refractivity contribution in [2.45, 2.75) is 13.8 Å². The van der Waals surface area contributed by atoms with E-state index in [2.05, 4.69) is 15.2 Å². The number of piperazine rings is 1. The number of rotatable bonds is 6. The van der Waals surface area contributed by atoms with Crippen LogP contribution in [0.5, 0.6) is 5.75 Å². The van der Waals surface area contributed by atoms with Gasteiger partial charge in [0.1, 0.15) is 11.6 Å². The first-order chi connectivity index (χ1) is 16.9. The van der Waals surface area contributed by atoms with E-state index in [1.165, 1.54) is 30.6 Å². The van der Waals surface area contributed by atoms with Crippen LogP contribution in [0.25, 0.3) is 11.1 Å². The van der Waals surface area contributed by atoms with Gasteiger partial charge in [0, 0.05) is 62.2 Å². The van der Waals surface area contributed by atoms with Crippen molar-refractivity contribution < 1.29 is 19.1 Å². The molecule has 1 saturated heterocycles. The van der Waals surface area contributed by atoms with Crippen LogP contribution in [-0.4, -0.2) is 81.2 Å². The number of benzene rings is 1. The summed E-state index contributed by atoms with van der Waals surface area (Å²) in [5, 5.41) is 17.9. The van der Waals surface area contributed by atoms with Gasteiger partial charge in [-0.1, -0.05) is 6.07 Å². The van der Waals surface area contributed by atoms with E-state index in [1.807, 2.05) is 18.7 Å². The Balaban J connectivity index is 1.38. The Morgan fingerprint density at radius 2 is 1.74 bits per heavy atom. The predicted octanol–water partition coefficient (Wildman–Crippen LogP) is 2.83. The van der Waals surface area contributed by atoms with Gasteiger partial charge in [-0.2, -0.15) is 0 Å². The van der Waals surface area contributed by atoms with E-state index in [-0.39, 0.29) is 28.7 Å². The van der Waals surface area contributed by atoms with Crippen LogP contribution < -0.4 is 4.90 Å². The van der Waals surface area contributed by atoms with Gasteiger partial charge in [0.05, 0.1) is 6.20 Å². The van der Waals surface area contributed by atoms with Crippen molar-refractivity contribution in [2.75, 3.05) is 44.2 Å². The second-order valence-electron chi connectivity index (χ2n) is 8.16. The molecule has 0 unspecified atom stereocenters. The van der Waals surface area contributed by atoms with Gasteiger partial charge < -0.3 is 19.8 Å². The lowest BCUT2D eigenvalue weighted by molar-refractivity contribution is 0.0742. The highest BCUT2D eigenvalue weighted by Crippen LogP contribution is 2.26. The maximum absolute atomic E-state index is 14.7. The highest BCUT2D eigenvalue weighted by molar-refractivity contribution is 5.95. The van der Waals surface area contributed by atoms with Gasteiger partial charge in [-0.3, -0.25) is 14.6 Å². The molecule has 3 aromatic rings. The number of carbonyl (C=O) groups is 2. The molecule has 2 aromatic heterocycles. The van der Waals surface area contributed by atoms with E-state index < -0.39 is 5.82 Å². The van der Waals surface area contributed by atoms with E-state index in [1.54, 1.807) is 28.0 Å². The molecule has 0 bridgehead atoms. The van der Waals surface area contributed by atoms with Crippen LogP contribution in [0.3, 0.4) is 0 Å². The van der Waals surface area contributed by atoms with Crippen molar-refractivity contribution >= 4 is 17.6 Å². The number of amides is 2. The Bertz CT molecular complexity index is 1210. The smallest absolute Gasteiger partial charge is 0.274 e. The van der Waals surface area contributed by atoms with Crippen LogP contribution in [0.4, 0.5) is 10.2 Å². The number of hydrogen-bond acceptors (Lipinski definition) is 7. The van der Waals surface area contributed by atoms with Crippen molar-refractivity contribution in [3.63, 3.8) is 0 Å². The normalized spacial score (nSPS) is 13.6. The standard InChI is InChI=1S/C25H27FN6O3/c1-3-30(4-2)25(35)22-7-8-23(29-28-22)31-9-11-32(12-10-31)24(34)17-5-6-20(21(26)14-17)18-13-19(33)16-27-15-18/h5-8,13-16,33H,3-4,9-12H2,1-2H3. The number of halogens is 1. The summed E-state index contributed by atoms with van der Waals surface area (Å²) in [6.45, 7) is 7.01. The molecule has 0 spiro atoms. The van der Waals surface area contributed by atoms with Crippen molar-refractivity contribution in [1.82, 2.24) is 25.0 Å². The fraction of sp³-hybridized carbons (Fsp3) is 0.320. The van der Waals surface area contributed by atoms with E-state index >= 15 is 0 Å². The predicted molar refractivity (Wildman–Crippen MR) is 129 cm³/mol. The first-order valence-corrected chi connectivity index (χ1v) is 11.5. The van der Waals surface area contributed by atoms with Gasteiger partial charge in [-0.15, -0.1) is 10.2 Å². The van der Waals surface area contributed by atoms with Crippen LogP contribution in [0.2, 0.25) is 0 Å². The Hall–Kier alpha value is -4.08. The number of carbonyl (C=O) groups excluding carboxylic acids is 2. The Labute approximate surface area is 202 Å². The SMILES string of the molecule is CCN(CC)C(=O)c1ccc(N2CCN(C(=O)c3ccc(-c4cncc(O)c4)c(F)c3)CC2)nn1. The number of hydrogen-bond donors (Lipinski definition) is 1. The number of aromatic nitrogens is 3. The molecular formula is C25H27FN6O3. The first kappa shape index (κ1) is 24.1. The lowest BCUT2D eigenvalue weighted by Crippen LogP contribution is -2.49. The molecule has 2 amide bonds. The maximum atomic E-state index is 14.7. The van der Waals surface area contributed by atoms with Crippen LogP contribution in [0, 0.1) is 5.82 Å². The molecule has 9 nitrogen and oxygen atoms in total. The molecule has 1 aromatic carbocycles. The molecule has 35 heavy (non-hydrogen) atoms. The van der Waals surface area contributed by atoms with Crippen molar-refractivity contribution in [3.05, 3.63) is 65.9 Å². The summed E-state index contributed by atoms with van der Waals surface area (Å²) in [6.07, 6.45) is 2.72. The zero-order valence-corrected chi connectivity index (χ0v) is 19.7.